The van der Waals surface area contributed by atoms with Crippen molar-refractivity contribution in [1.82, 2.24) is 0 Å². The molecule has 0 saturated heterocycles. The highest BCUT2D eigenvalue weighted by Crippen LogP contribution is 2.29. The van der Waals surface area contributed by atoms with Gasteiger partial charge in [0.15, 0.2) is 0 Å². The average Bonchev–Trinajstić information content (AvgIpc) is 2.54. The van der Waals surface area contributed by atoms with Crippen molar-refractivity contribution < 1.29 is 4.74 Å². The SMILES string of the molecule is CCCC(Br)C(C)c1ccc(OCc2ccccc2)cc1. The van der Waals surface area contributed by atoms with Crippen LogP contribution >= 0.6 is 15.9 Å². The van der Waals surface area contributed by atoms with Crippen LogP contribution in [0, 0.1) is 0 Å². The van der Waals surface area contributed by atoms with E-state index >= 15 is 0 Å². The first-order valence-corrected chi connectivity index (χ1v) is 8.53. The molecule has 0 aliphatic rings. The summed E-state index contributed by atoms with van der Waals surface area (Å²) in [6.45, 7) is 5.11. The van der Waals surface area contributed by atoms with Gasteiger partial charge in [-0.25, -0.2) is 0 Å². The number of benzene rings is 2. The second kappa shape index (κ2) is 8.23. The van der Waals surface area contributed by atoms with E-state index in [-0.39, 0.29) is 0 Å². The van der Waals surface area contributed by atoms with Gasteiger partial charge in [-0.05, 0) is 35.6 Å². The smallest absolute Gasteiger partial charge is 0.119 e. The van der Waals surface area contributed by atoms with Crippen molar-refractivity contribution in [3.05, 3.63) is 65.7 Å². The molecule has 0 heterocycles. The summed E-state index contributed by atoms with van der Waals surface area (Å²) in [6, 6.07) is 18.7. The molecule has 2 unspecified atom stereocenters. The van der Waals surface area contributed by atoms with Gasteiger partial charge in [0.25, 0.3) is 0 Å². The van der Waals surface area contributed by atoms with Crippen LogP contribution < -0.4 is 4.74 Å². The van der Waals surface area contributed by atoms with Crippen molar-refractivity contribution in [1.29, 1.82) is 0 Å². The minimum absolute atomic E-state index is 0.521. The highest BCUT2D eigenvalue weighted by Gasteiger charge is 2.14. The molecule has 0 aliphatic carbocycles. The number of ether oxygens (including phenoxy) is 1. The van der Waals surface area contributed by atoms with Crippen LogP contribution in [-0.4, -0.2) is 4.83 Å². The van der Waals surface area contributed by atoms with Crippen LogP contribution in [0.3, 0.4) is 0 Å². The molecule has 2 aromatic carbocycles. The van der Waals surface area contributed by atoms with Gasteiger partial charge in [-0.15, -0.1) is 0 Å². The normalized spacial score (nSPS) is 13.7. The Morgan fingerprint density at radius 3 is 2.29 bits per heavy atom. The van der Waals surface area contributed by atoms with Crippen LogP contribution in [0.5, 0.6) is 5.75 Å². The molecule has 0 saturated carbocycles. The lowest BCUT2D eigenvalue weighted by Crippen LogP contribution is -2.08. The van der Waals surface area contributed by atoms with E-state index in [1.807, 2.05) is 18.2 Å². The first-order chi connectivity index (χ1) is 10.2. The van der Waals surface area contributed by atoms with Crippen LogP contribution in [0.1, 0.15) is 43.7 Å². The van der Waals surface area contributed by atoms with Crippen molar-refractivity contribution in [2.45, 2.75) is 44.0 Å². The van der Waals surface area contributed by atoms with Crippen LogP contribution in [-0.2, 0) is 6.61 Å². The van der Waals surface area contributed by atoms with E-state index in [1.165, 1.54) is 24.0 Å². The molecular weight excluding hydrogens is 324 g/mol. The molecule has 1 nitrogen and oxygen atoms in total. The quantitative estimate of drug-likeness (QED) is 0.564. The van der Waals surface area contributed by atoms with Crippen molar-refractivity contribution >= 4 is 15.9 Å². The molecule has 21 heavy (non-hydrogen) atoms. The van der Waals surface area contributed by atoms with Gasteiger partial charge in [0, 0.05) is 4.83 Å². The molecule has 0 amide bonds. The zero-order valence-corrected chi connectivity index (χ0v) is 14.3. The summed E-state index contributed by atoms with van der Waals surface area (Å²) in [6.07, 6.45) is 2.41. The largest absolute Gasteiger partial charge is 0.489 e. The fraction of sp³-hybridized carbons (Fsp3) is 0.368. The third-order valence-electron chi connectivity index (χ3n) is 3.76. The second-order valence-electron chi connectivity index (χ2n) is 5.44. The lowest BCUT2D eigenvalue weighted by Gasteiger charge is -2.18. The molecular formula is C19H23BrO. The summed E-state index contributed by atoms with van der Waals surface area (Å²) in [4.78, 5) is 0.540. The second-order valence-corrected chi connectivity index (χ2v) is 6.61. The van der Waals surface area contributed by atoms with E-state index in [2.05, 4.69) is 66.2 Å². The molecule has 2 heteroatoms. The minimum Gasteiger partial charge on any atom is -0.489 e. The molecule has 2 aromatic rings. The molecule has 0 N–H and O–H groups in total. The van der Waals surface area contributed by atoms with E-state index in [9.17, 15) is 0 Å². The summed E-state index contributed by atoms with van der Waals surface area (Å²) in [5, 5.41) is 0. The Morgan fingerprint density at radius 1 is 1.00 bits per heavy atom. The van der Waals surface area contributed by atoms with Crippen molar-refractivity contribution in [3.63, 3.8) is 0 Å². The Balaban J connectivity index is 1.92. The number of hydrogen-bond donors (Lipinski definition) is 0. The molecule has 0 aliphatic heterocycles. The molecule has 2 atom stereocenters. The Morgan fingerprint density at radius 2 is 1.67 bits per heavy atom. The topological polar surface area (TPSA) is 9.23 Å². The molecule has 0 bridgehead atoms. The van der Waals surface area contributed by atoms with E-state index in [0.717, 1.165) is 5.75 Å². The van der Waals surface area contributed by atoms with E-state index in [4.69, 9.17) is 4.74 Å². The summed E-state index contributed by atoms with van der Waals surface area (Å²) >= 11 is 3.79. The fourth-order valence-electron chi connectivity index (χ4n) is 2.34. The third kappa shape index (κ3) is 4.89. The monoisotopic (exact) mass is 346 g/mol. The van der Waals surface area contributed by atoms with Gasteiger partial charge in [0.05, 0.1) is 0 Å². The molecule has 0 spiro atoms. The molecule has 112 valence electrons. The van der Waals surface area contributed by atoms with E-state index < -0.39 is 0 Å². The fourth-order valence-corrected chi connectivity index (χ4v) is 3.11. The maximum atomic E-state index is 5.82. The number of halogens is 1. The molecule has 2 rings (SSSR count). The number of hydrogen-bond acceptors (Lipinski definition) is 1. The van der Waals surface area contributed by atoms with E-state index in [1.54, 1.807) is 0 Å². The van der Waals surface area contributed by atoms with Gasteiger partial charge >= 0.3 is 0 Å². The Hall–Kier alpha value is -1.28. The van der Waals surface area contributed by atoms with Gasteiger partial charge in [-0.1, -0.05) is 78.7 Å². The summed E-state index contributed by atoms with van der Waals surface area (Å²) < 4.78 is 5.82. The number of rotatable bonds is 7. The Kier molecular flexibility index (Phi) is 6.31. The van der Waals surface area contributed by atoms with Gasteiger partial charge in [0.1, 0.15) is 12.4 Å². The predicted octanol–water partition coefficient (Wildman–Crippen LogP) is 5.93. The van der Waals surface area contributed by atoms with Gasteiger partial charge in [-0.3, -0.25) is 0 Å². The van der Waals surface area contributed by atoms with Crippen molar-refractivity contribution in [2.24, 2.45) is 0 Å². The molecule has 0 fully saturated rings. The summed E-state index contributed by atoms with van der Waals surface area (Å²) in [5.74, 6) is 1.45. The zero-order chi connectivity index (χ0) is 15.1. The highest BCUT2D eigenvalue weighted by molar-refractivity contribution is 9.09. The maximum absolute atomic E-state index is 5.82. The third-order valence-corrected chi connectivity index (χ3v) is 5.01. The van der Waals surface area contributed by atoms with Crippen LogP contribution in [0.2, 0.25) is 0 Å². The maximum Gasteiger partial charge on any atom is 0.119 e. The van der Waals surface area contributed by atoms with E-state index in [0.29, 0.717) is 17.4 Å². The zero-order valence-electron chi connectivity index (χ0n) is 12.8. The molecule has 0 aromatic heterocycles. The minimum atomic E-state index is 0.521. The predicted molar refractivity (Wildman–Crippen MR) is 93.3 cm³/mol. The molecule has 0 radical (unpaired) electrons. The summed E-state index contributed by atoms with van der Waals surface area (Å²) in [7, 11) is 0. The Labute approximate surface area is 136 Å². The lowest BCUT2D eigenvalue weighted by molar-refractivity contribution is 0.306. The summed E-state index contributed by atoms with van der Waals surface area (Å²) in [5.41, 5.74) is 2.55. The Bertz CT molecular complexity index is 521. The van der Waals surface area contributed by atoms with Crippen molar-refractivity contribution in [2.75, 3.05) is 0 Å². The lowest BCUT2D eigenvalue weighted by atomic mass is 9.95. The van der Waals surface area contributed by atoms with Gasteiger partial charge < -0.3 is 4.74 Å². The van der Waals surface area contributed by atoms with Crippen LogP contribution in [0.25, 0.3) is 0 Å². The van der Waals surface area contributed by atoms with Crippen LogP contribution in [0.15, 0.2) is 54.6 Å². The van der Waals surface area contributed by atoms with Gasteiger partial charge in [-0.2, -0.15) is 0 Å². The number of alkyl halides is 1. The van der Waals surface area contributed by atoms with Crippen molar-refractivity contribution in [3.8, 4) is 5.75 Å². The standard InChI is InChI=1S/C19H23BrO/c1-3-7-19(20)15(2)17-10-12-18(13-11-17)21-14-16-8-5-4-6-9-16/h4-6,8-13,15,19H,3,7,14H2,1-2H3. The highest BCUT2D eigenvalue weighted by atomic mass is 79.9. The first-order valence-electron chi connectivity index (χ1n) is 7.61. The average molecular weight is 347 g/mol. The van der Waals surface area contributed by atoms with Crippen LogP contribution in [0.4, 0.5) is 0 Å². The van der Waals surface area contributed by atoms with Gasteiger partial charge in [0.2, 0.25) is 0 Å². The first kappa shape index (κ1) is 16.1.